The molecule has 3 amide bonds. The van der Waals surface area contributed by atoms with Gasteiger partial charge in [-0.2, -0.15) is 0 Å². The van der Waals surface area contributed by atoms with Crippen molar-refractivity contribution in [2.24, 2.45) is 23.2 Å². The van der Waals surface area contributed by atoms with E-state index in [2.05, 4.69) is 10.6 Å². The zero-order chi connectivity index (χ0) is 30.6. The molecular weight excluding hydrogens is 542 g/mol. The molecule has 2 unspecified atom stereocenters. The molecule has 7 rings (SSSR count). The highest BCUT2D eigenvalue weighted by atomic mass is 16.5. The number of methoxy groups -OCH3 is 1. The first kappa shape index (κ1) is 29.7. The minimum absolute atomic E-state index is 0.0782. The van der Waals surface area contributed by atoms with E-state index >= 15 is 0 Å². The lowest BCUT2D eigenvalue weighted by Gasteiger charge is -2.56. The van der Waals surface area contributed by atoms with Crippen LogP contribution in [0.4, 0.5) is 4.79 Å². The standard InChI is InChI=1S/C35H45N3O5/c1-33(2,3)29(36-32(42)37-34-17-22-14-23(18-34)16-24(15-22)19-34)30(39)38-21-35(43-4,20-28(38)31(40)41)27-12-10-26(11-13-27)25-8-6-5-7-9-25/h5-13,22-24,28-29H,14-21H2,1-4H3,(H,40,41)(H2,36,37,42)/t22?,23?,24?,28-,29?,34?,35?/m0/s1. The van der Waals surface area contributed by atoms with Gasteiger partial charge < -0.3 is 25.4 Å². The highest BCUT2D eigenvalue weighted by Crippen LogP contribution is 2.55. The summed E-state index contributed by atoms with van der Waals surface area (Å²) in [7, 11) is 1.57. The van der Waals surface area contributed by atoms with Gasteiger partial charge in [0.2, 0.25) is 5.91 Å². The van der Waals surface area contributed by atoms with Crippen molar-refractivity contribution in [2.45, 2.75) is 88.9 Å². The van der Waals surface area contributed by atoms with E-state index in [9.17, 15) is 19.5 Å². The van der Waals surface area contributed by atoms with Gasteiger partial charge in [0.25, 0.3) is 0 Å². The van der Waals surface area contributed by atoms with Gasteiger partial charge in [0.1, 0.15) is 17.7 Å². The highest BCUT2D eigenvalue weighted by molar-refractivity contribution is 5.91. The third kappa shape index (κ3) is 5.66. The molecule has 8 nitrogen and oxygen atoms in total. The Morgan fingerprint density at radius 2 is 1.44 bits per heavy atom. The zero-order valence-corrected chi connectivity index (χ0v) is 25.8. The molecule has 2 aromatic carbocycles. The average Bonchev–Trinajstić information content (AvgIpc) is 3.37. The molecule has 1 heterocycles. The number of urea groups is 1. The quantitative estimate of drug-likeness (QED) is 0.393. The van der Waals surface area contributed by atoms with Crippen molar-refractivity contribution in [3.05, 3.63) is 60.2 Å². The van der Waals surface area contributed by atoms with E-state index < -0.39 is 35.0 Å². The molecule has 1 saturated heterocycles. The first-order chi connectivity index (χ1) is 20.4. The molecule has 1 aliphatic heterocycles. The monoisotopic (exact) mass is 587 g/mol. The maximum absolute atomic E-state index is 14.2. The van der Waals surface area contributed by atoms with Crippen LogP contribution in [-0.2, 0) is 19.9 Å². The lowest BCUT2D eigenvalue weighted by atomic mass is 9.53. The highest BCUT2D eigenvalue weighted by Gasteiger charge is 2.54. The van der Waals surface area contributed by atoms with Crippen LogP contribution < -0.4 is 10.6 Å². The maximum atomic E-state index is 14.2. The smallest absolute Gasteiger partial charge is 0.326 e. The van der Waals surface area contributed by atoms with Crippen LogP contribution in [0.15, 0.2) is 54.6 Å². The van der Waals surface area contributed by atoms with E-state index in [0.717, 1.165) is 36.0 Å². The number of hydrogen-bond acceptors (Lipinski definition) is 4. The number of benzene rings is 2. The summed E-state index contributed by atoms with van der Waals surface area (Å²) in [6, 6.07) is 15.6. The van der Waals surface area contributed by atoms with E-state index in [1.165, 1.54) is 24.2 Å². The minimum atomic E-state index is -1.08. The molecule has 5 fully saturated rings. The van der Waals surface area contributed by atoms with Crippen molar-refractivity contribution < 1.29 is 24.2 Å². The van der Waals surface area contributed by atoms with Crippen molar-refractivity contribution in [1.82, 2.24) is 15.5 Å². The topological polar surface area (TPSA) is 108 Å². The molecule has 8 heteroatoms. The first-order valence-corrected chi connectivity index (χ1v) is 15.7. The summed E-state index contributed by atoms with van der Waals surface area (Å²) in [5.74, 6) is 0.545. The Balaban J connectivity index is 1.22. The van der Waals surface area contributed by atoms with Gasteiger partial charge >= 0.3 is 12.0 Å². The van der Waals surface area contributed by atoms with Crippen molar-refractivity contribution in [3.8, 4) is 11.1 Å². The molecule has 0 spiro atoms. The molecular formula is C35H45N3O5. The lowest BCUT2D eigenvalue weighted by Crippen LogP contribution is -2.64. The number of rotatable bonds is 7. The molecule has 0 aromatic heterocycles. The van der Waals surface area contributed by atoms with E-state index in [4.69, 9.17) is 4.74 Å². The van der Waals surface area contributed by atoms with E-state index in [1.807, 2.05) is 75.4 Å². The maximum Gasteiger partial charge on any atom is 0.326 e. The summed E-state index contributed by atoms with van der Waals surface area (Å²) in [5, 5.41) is 16.6. The first-order valence-electron chi connectivity index (χ1n) is 15.7. The number of likely N-dealkylation sites (tertiary alicyclic amines) is 1. The predicted octanol–water partition coefficient (Wildman–Crippen LogP) is 5.56. The number of carboxylic acid groups (broad SMARTS) is 1. The SMILES string of the molecule is COC1(c2ccc(-c3ccccc3)cc2)C[C@@H](C(=O)O)N(C(=O)C(NC(=O)NC23CC4CC(CC(C4)C2)C3)C(C)(C)C)C1. The number of aliphatic carboxylic acids is 1. The molecule has 3 N–H and O–H groups in total. The zero-order valence-electron chi connectivity index (χ0n) is 25.8. The Kier molecular flexibility index (Phi) is 7.56. The van der Waals surface area contributed by atoms with Gasteiger partial charge in [-0.3, -0.25) is 4.79 Å². The number of carboxylic acids is 1. The van der Waals surface area contributed by atoms with Crippen molar-refractivity contribution >= 4 is 17.9 Å². The average molecular weight is 588 g/mol. The fourth-order valence-electron chi connectivity index (χ4n) is 8.88. The molecule has 5 aliphatic rings. The van der Waals surface area contributed by atoms with Crippen LogP contribution in [0.5, 0.6) is 0 Å². The van der Waals surface area contributed by atoms with Crippen LogP contribution in [-0.4, -0.2) is 59.2 Å². The summed E-state index contributed by atoms with van der Waals surface area (Å²) >= 11 is 0. The second-order valence-corrected chi connectivity index (χ2v) is 14.8. The summed E-state index contributed by atoms with van der Waals surface area (Å²) in [4.78, 5) is 41.7. The Hall–Kier alpha value is -3.39. The Labute approximate surface area is 254 Å². The summed E-state index contributed by atoms with van der Waals surface area (Å²) in [6.45, 7) is 5.78. The Morgan fingerprint density at radius 1 is 0.884 bits per heavy atom. The molecule has 4 saturated carbocycles. The third-order valence-corrected chi connectivity index (χ3v) is 10.6. The van der Waals surface area contributed by atoms with Gasteiger partial charge in [0, 0.05) is 19.1 Å². The molecule has 4 bridgehead atoms. The fourth-order valence-corrected chi connectivity index (χ4v) is 8.88. The van der Waals surface area contributed by atoms with Crippen LogP contribution in [0.1, 0.15) is 71.3 Å². The predicted molar refractivity (Wildman–Crippen MR) is 164 cm³/mol. The molecule has 4 aliphatic carbocycles. The van der Waals surface area contributed by atoms with Gasteiger partial charge in [-0.1, -0.05) is 75.4 Å². The van der Waals surface area contributed by atoms with Crippen LogP contribution in [0.2, 0.25) is 0 Å². The molecule has 3 atom stereocenters. The van der Waals surface area contributed by atoms with Crippen LogP contribution in [0, 0.1) is 23.2 Å². The molecule has 2 aromatic rings. The molecule has 230 valence electrons. The Bertz CT molecular complexity index is 1330. The molecule has 0 radical (unpaired) electrons. The fraction of sp³-hybridized carbons (Fsp3) is 0.571. The van der Waals surface area contributed by atoms with Gasteiger partial charge in [0.05, 0.1) is 6.54 Å². The number of nitrogens with zero attached hydrogens (tertiary/aromatic N) is 1. The number of carbonyl (C=O) groups excluding carboxylic acids is 2. The second kappa shape index (κ2) is 11.0. The van der Waals surface area contributed by atoms with Crippen molar-refractivity contribution in [2.75, 3.05) is 13.7 Å². The van der Waals surface area contributed by atoms with Crippen molar-refractivity contribution in [1.29, 1.82) is 0 Å². The normalized spacial score (nSPS) is 32.0. The lowest BCUT2D eigenvalue weighted by molar-refractivity contribution is -0.150. The summed E-state index contributed by atoms with van der Waals surface area (Å²) in [6.07, 6.45) is 6.95. The summed E-state index contributed by atoms with van der Waals surface area (Å²) < 4.78 is 6.04. The number of carbonyl (C=O) groups is 3. The largest absolute Gasteiger partial charge is 0.480 e. The Morgan fingerprint density at radius 3 is 1.95 bits per heavy atom. The third-order valence-electron chi connectivity index (χ3n) is 10.6. The molecule has 43 heavy (non-hydrogen) atoms. The van der Waals surface area contributed by atoms with Crippen LogP contribution in [0.3, 0.4) is 0 Å². The number of nitrogens with one attached hydrogen (secondary N) is 2. The summed E-state index contributed by atoms with van der Waals surface area (Å²) in [5.41, 5.74) is 1.11. The van der Waals surface area contributed by atoms with Gasteiger partial charge in [-0.05, 0) is 78.4 Å². The van der Waals surface area contributed by atoms with Gasteiger partial charge in [-0.15, -0.1) is 0 Å². The van der Waals surface area contributed by atoms with Gasteiger partial charge in [-0.25, -0.2) is 9.59 Å². The second-order valence-electron chi connectivity index (χ2n) is 14.8. The van der Waals surface area contributed by atoms with E-state index in [0.29, 0.717) is 17.8 Å². The van der Waals surface area contributed by atoms with E-state index in [1.54, 1.807) is 7.11 Å². The van der Waals surface area contributed by atoms with Gasteiger partial charge in [0.15, 0.2) is 0 Å². The number of ether oxygens (including phenoxy) is 1. The van der Waals surface area contributed by atoms with E-state index in [-0.39, 0.29) is 24.5 Å². The van der Waals surface area contributed by atoms with Crippen LogP contribution >= 0.6 is 0 Å². The number of hydrogen-bond donors (Lipinski definition) is 3. The minimum Gasteiger partial charge on any atom is -0.480 e. The van der Waals surface area contributed by atoms with Crippen LogP contribution in [0.25, 0.3) is 11.1 Å². The van der Waals surface area contributed by atoms with Crippen molar-refractivity contribution in [3.63, 3.8) is 0 Å². The number of amides is 3.